The van der Waals surface area contributed by atoms with Crippen molar-refractivity contribution in [2.24, 2.45) is 0 Å². The van der Waals surface area contributed by atoms with E-state index >= 15 is 0 Å². The molecule has 0 spiro atoms. The summed E-state index contributed by atoms with van der Waals surface area (Å²) < 4.78 is 5.70. The van der Waals surface area contributed by atoms with E-state index in [-0.39, 0.29) is 5.91 Å². The van der Waals surface area contributed by atoms with Gasteiger partial charge in [0.15, 0.2) is 0 Å². The molecule has 134 valence electrons. The van der Waals surface area contributed by atoms with Gasteiger partial charge in [-0.1, -0.05) is 24.3 Å². The van der Waals surface area contributed by atoms with Crippen molar-refractivity contribution in [1.82, 2.24) is 9.80 Å². The predicted molar refractivity (Wildman–Crippen MR) is 99.9 cm³/mol. The molecule has 1 aliphatic heterocycles. The molecule has 0 radical (unpaired) electrons. The maximum absolute atomic E-state index is 12.7. The summed E-state index contributed by atoms with van der Waals surface area (Å²) in [6.07, 6.45) is 0. The van der Waals surface area contributed by atoms with Crippen LogP contribution in [0.5, 0.6) is 5.75 Å². The van der Waals surface area contributed by atoms with Crippen LogP contribution in [0.3, 0.4) is 0 Å². The Morgan fingerprint density at radius 2 is 1.88 bits per heavy atom. The molecular weight excluding hydrogens is 326 g/mol. The van der Waals surface area contributed by atoms with Gasteiger partial charge in [0.05, 0.1) is 18.2 Å². The van der Waals surface area contributed by atoms with E-state index in [2.05, 4.69) is 17.0 Å². The highest BCUT2D eigenvalue weighted by Crippen LogP contribution is 2.21. The van der Waals surface area contributed by atoms with Crippen molar-refractivity contribution in [2.75, 3.05) is 32.8 Å². The second-order valence-electron chi connectivity index (χ2n) is 6.30. The van der Waals surface area contributed by atoms with Gasteiger partial charge >= 0.3 is 0 Å². The summed E-state index contributed by atoms with van der Waals surface area (Å²) in [7, 11) is 0. The van der Waals surface area contributed by atoms with E-state index in [4.69, 9.17) is 10.00 Å². The van der Waals surface area contributed by atoms with E-state index in [0.717, 1.165) is 25.4 Å². The summed E-state index contributed by atoms with van der Waals surface area (Å²) in [6.45, 7) is 6.48. The third-order valence-electron chi connectivity index (χ3n) is 4.56. The van der Waals surface area contributed by atoms with Gasteiger partial charge in [-0.15, -0.1) is 0 Å². The average molecular weight is 349 g/mol. The van der Waals surface area contributed by atoms with Gasteiger partial charge < -0.3 is 9.64 Å². The lowest BCUT2D eigenvalue weighted by Gasteiger charge is -2.35. The standard InChI is InChI=1S/C21H23N3O2/c1-2-26-20-9-4-3-7-19(20)16-23-10-12-24(13-11-23)21(25)18-8-5-6-17(14-18)15-22/h3-9,14H,2,10-13,16H2,1H3. The molecule has 1 aliphatic rings. The number of rotatable bonds is 5. The van der Waals surface area contributed by atoms with Crippen LogP contribution in [-0.2, 0) is 6.54 Å². The van der Waals surface area contributed by atoms with Crippen molar-refractivity contribution in [3.63, 3.8) is 0 Å². The van der Waals surface area contributed by atoms with Crippen molar-refractivity contribution in [3.05, 3.63) is 65.2 Å². The number of ether oxygens (including phenoxy) is 1. The van der Waals surface area contributed by atoms with Gasteiger partial charge in [0.25, 0.3) is 5.91 Å². The topological polar surface area (TPSA) is 56.6 Å². The number of nitrogens with zero attached hydrogens (tertiary/aromatic N) is 3. The summed E-state index contributed by atoms with van der Waals surface area (Å²) in [6, 6.07) is 17.1. The smallest absolute Gasteiger partial charge is 0.253 e. The summed E-state index contributed by atoms with van der Waals surface area (Å²) in [5.41, 5.74) is 2.28. The number of piperazine rings is 1. The van der Waals surface area contributed by atoms with Crippen molar-refractivity contribution in [2.45, 2.75) is 13.5 Å². The highest BCUT2D eigenvalue weighted by molar-refractivity contribution is 5.94. The van der Waals surface area contributed by atoms with Crippen LogP contribution in [0.2, 0.25) is 0 Å². The molecule has 0 N–H and O–H groups in total. The highest BCUT2D eigenvalue weighted by atomic mass is 16.5. The fourth-order valence-electron chi connectivity index (χ4n) is 3.19. The molecule has 1 fully saturated rings. The van der Waals surface area contributed by atoms with Crippen LogP contribution in [-0.4, -0.2) is 48.5 Å². The summed E-state index contributed by atoms with van der Waals surface area (Å²) in [5, 5.41) is 9.00. The minimum absolute atomic E-state index is 0.00327. The van der Waals surface area contributed by atoms with Crippen LogP contribution in [0.15, 0.2) is 48.5 Å². The largest absolute Gasteiger partial charge is 0.494 e. The molecule has 5 heteroatoms. The normalized spacial score (nSPS) is 14.7. The minimum Gasteiger partial charge on any atom is -0.494 e. The summed E-state index contributed by atoms with van der Waals surface area (Å²) >= 11 is 0. The van der Waals surface area contributed by atoms with Gasteiger partial charge in [-0.3, -0.25) is 9.69 Å². The molecule has 0 unspecified atom stereocenters. The van der Waals surface area contributed by atoms with Crippen molar-refractivity contribution >= 4 is 5.91 Å². The van der Waals surface area contributed by atoms with Crippen LogP contribution in [0.1, 0.15) is 28.4 Å². The Bertz CT molecular complexity index is 805. The van der Waals surface area contributed by atoms with E-state index in [0.29, 0.717) is 30.8 Å². The van der Waals surface area contributed by atoms with E-state index in [1.807, 2.05) is 30.0 Å². The van der Waals surface area contributed by atoms with Gasteiger partial charge in [-0.2, -0.15) is 5.26 Å². The molecule has 1 saturated heterocycles. The van der Waals surface area contributed by atoms with E-state index in [1.54, 1.807) is 24.3 Å². The van der Waals surface area contributed by atoms with Crippen LogP contribution < -0.4 is 4.74 Å². The van der Waals surface area contributed by atoms with Crippen molar-refractivity contribution in [1.29, 1.82) is 5.26 Å². The summed E-state index contributed by atoms with van der Waals surface area (Å²) in [4.78, 5) is 16.9. The number of benzene rings is 2. The lowest BCUT2D eigenvalue weighted by atomic mass is 10.1. The monoisotopic (exact) mass is 349 g/mol. The molecular formula is C21H23N3O2. The van der Waals surface area contributed by atoms with Crippen molar-refractivity contribution < 1.29 is 9.53 Å². The molecule has 5 nitrogen and oxygen atoms in total. The zero-order valence-electron chi connectivity index (χ0n) is 15.0. The second kappa shape index (κ2) is 8.50. The first-order valence-electron chi connectivity index (χ1n) is 8.93. The minimum atomic E-state index is -0.00327. The average Bonchev–Trinajstić information content (AvgIpc) is 2.70. The van der Waals surface area contributed by atoms with Gasteiger partial charge in [0, 0.05) is 43.9 Å². The van der Waals surface area contributed by atoms with E-state index in [9.17, 15) is 4.79 Å². The molecule has 26 heavy (non-hydrogen) atoms. The third kappa shape index (κ3) is 4.22. The van der Waals surface area contributed by atoms with Crippen LogP contribution in [0, 0.1) is 11.3 Å². The molecule has 0 atom stereocenters. The number of hydrogen-bond donors (Lipinski definition) is 0. The molecule has 1 heterocycles. The Hall–Kier alpha value is -2.84. The van der Waals surface area contributed by atoms with E-state index in [1.165, 1.54) is 5.56 Å². The first-order chi connectivity index (χ1) is 12.7. The number of para-hydroxylation sites is 1. The number of carbonyl (C=O) groups excluding carboxylic acids is 1. The number of hydrogen-bond acceptors (Lipinski definition) is 4. The molecule has 0 aromatic heterocycles. The highest BCUT2D eigenvalue weighted by Gasteiger charge is 2.22. The van der Waals surface area contributed by atoms with Gasteiger partial charge in [-0.05, 0) is 31.2 Å². The lowest BCUT2D eigenvalue weighted by Crippen LogP contribution is -2.48. The Balaban J connectivity index is 1.59. The predicted octanol–water partition coefficient (Wildman–Crippen LogP) is 2.91. The SMILES string of the molecule is CCOc1ccccc1CN1CCN(C(=O)c2cccc(C#N)c2)CC1. The Labute approximate surface area is 154 Å². The molecule has 3 rings (SSSR count). The van der Waals surface area contributed by atoms with Gasteiger partial charge in [-0.25, -0.2) is 0 Å². The molecule has 1 amide bonds. The van der Waals surface area contributed by atoms with Crippen molar-refractivity contribution in [3.8, 4) is 11.8 Å². The number of carbonyl (C=O) groups is 1. The Morgan fingerprint density at radius 1 is 1.12 bits per heavy atom. The molecule has 0 bridgehead atoms. The maximum atomic E-state index is 12.7. The van der Waals surface area contributed by atoms with Crippen LogP contribution in [0.4, 0.5) is 0 Å². The Kier molecular flexibility index (Phi) is 5.88. The first-order valence-corrected chi connectivity index (χ1v) is 8.93. The number of nitriles is 1. The Morgan fingerprint density at radius 3 is 2.62 bits per heavy atom. The quantitative estimate of drug-likeness (QED) is 0.833. The number of amides is 1. The first kappa shape index (κ1) is 18.0. The molecule has 2 aromatic carbocycles. The summed E-state index contributed by atoms with van der Waals surface area (Å²) in [5.74, 6) is 0.929. The van der Waals surface area contributed by atoms with Gasteiger partial charge in [0.1, 0.15) is 5.75 Å². The second-order valence-corrected chi connectivity index (χ2v) is 6.30. The van der Waals surface area contributed by atoms with Gasteiger partial charge in [0.2, 0.25) is 0 Å². The third-order valence-corrected chi connectivity index (χ3v) is 4.56. The molecule has 2 aromatic rings. The molecule has 0 aliphatic carbocycles. The zero-order valence-corrected chi connectivity index (χ0v) is 15.0. The lowest BCUT2D eigenvalue weighted by molar-refractivity contribution is 0.0627. The van der Waals surface area contributed by atoms with Crippen LogP contribution >= 0.6 is 0 Å². The van der Waals surface area contributed by atoms with Crippen LogP contribution in [0.25, 0.3) is 0 Å². The maximum Gasteiger partial charge on any atom is 0.253 e. The fraction of sp³-hybridized carbons (Fsp3) is 0.333. The molecule has 0 saturated carbocycles. The van der Waals surface area contributed by atoms with E-state index < -0.39 is 0 Å². The zero-order chi connectivity index (χ0) is 18.4. The fourth-order valence-corrected chi connectivity index (χ4v) is 3.19.